The molecule has 4 rings (SSSR count). The van der Waals surface area contributed by atoms with Crippen molar-refractivity contribution < 1.29 is 9.59 Å². The first-order valence-corrected chi connectivity index (χ1v) is 9.78. The van der Waals surface area contributed by atoms with Gasteiger partial charge in [0.05, 0.1) is 0 Å². The van der Waals surface area contributed by atoms with Crippen LogP contribution in [0.4, 0.5) is 0 Å². The SMILES string of the molecule is O=C(C=CC(=O)c1ccc(-c2ccccc2)cc1)c1ccc(-c2ccccc2)cc1. The molecule has 0 aromatic heterocycles. The van der Waals surface area contributed by atoms with E-state index in [1.807, 2.05) is 84.9 Å². The number of hydrogen-bond donors (Lipinski definition) is 0. The summed E-state index contributed by atoms with van der Waals surface area (Å²) in [4.78, 5) is 24.9. The summed E-state index contributed by atoms with van der Waals surface area (Å²) in [5.41, 5.74) is 5.40. The molecule has 0 bridgehead atoms. The highest BCUT2D eigenvalue weighted by Gasteiger charge is 2.06. The summed E-state index contributed by atoms with van der Waals surface area (Å²) in [5.74, 6) is -0.382. The Kier molecular flexibility index (Phi) is 5.77. The van der Waals surface area contributed by atoms with Crippen molar-refractivity contribution in [1.82, 2.24) is 0 Å². The molecule has 0 saturated carbocycles. The summed E-state index contributed by atoms with van der Waals surface area (Å²) < 4.78 is 0. The van der Waals surface area contributed by atoms with Crippen LogP contribution in [-0.4, -0.2) is 11.6 Å². The van der Waals surface area contributed by atoms with Crippen molar-refractivity contribution in [3.63, 3.8) is 0 Å². The van der Waals surface area contributed by atoms with E-state index in [0.29, 0.717) is 11.1 Å². The van der Waals surface area contributed by atoms with Gasteiger partial charge in [-0.25, -0.2) is 0 Å². The van der Waals surface area contributed by atoms with Gasteiger partial charge in [-0.2, -0.15) is 0 Å². The lowest BCUT2D eigenvalue weighted by Crippen LogP contribution is -1.98. The Bertz CT molecular complexity index is 1070. The van der Waals surface area contributed by atoms with Crippen LogP contribution in [0.3, 0.4) is 0 Å². The van der Waals surface area contributed by atoms with E-state index in [2.05, 4.69) is 0 Å². The van der Waals surface area contributed by atoms with Crippen LogP contribution in [0.25, 0.3) is 22.3 Å². The van der Waals surface area contributed by atoms with Crippen LogP contribution < -0.4 is 0 Å². The summed E-state index contributed by atoms with van der Waals surface area (Å²) in [7, 11) is 0. The van der Waals surface area contributed by atoms with Gasteiger partial charge in [-0.1, -0.05) is 109 Å². The molecule has 30 heavy (non-hydrogen) atoms. The number of rotatable bonds is 6. The standard InChI is InChI=1S/C28H20O2/c29-27(25-15-11-23(12-16-25)21-7-3-1-4-8-21)19-20-28(30)26-17-13-24(14-18-26)22-9-5-2-6-10-22/h1-20H. The van der Waals surface area contributed by atoms with E-state index in [4.69, 9.17) is 0 Å². The molecule has 0 fully saturated rings. The zero-order valence-corrected chi connectivity index (χ0v) is 16.4. The average Bonchev–Trinajstić information content (AvgIpc) is 2.83. The number of carbonyl (C=O) groups excluding carboxylic acids is 2. The monoisotopic (exact) mass is 388 g/mol. The highest BCUT2D eigenvalue weighted by Crippen LogP contribution is 2.21. The zero-order valence-electron chi connectivity index (χ0n) is 16.4. The maximum absolute atomic E-state index is 12.4. The maximum atomic E-state index is 12.4. The van der Waals surface area contributed by atoms with E-state index in [-0.39, 0.29) is 11.6 Å². The molecule has 144 valence electrons. The quantitative estimate of drug-likeness (QED) is 0.274. The molecule has 0 amide bonds. The Morgan fingerprint density at radius 1 is 0.400 bits per heavy atom. The molecule has 0 N–H and O–H groups in total. The summed E-state index contributed by atoms with van der Waals surface area (Å²) in [6.07, 6.45) is 2.68. The third kappa shape index (κ3) is 4.50. The first kappa shape index (κ1) is 19.3. The molecule has 0 unspecified atom stereocenters. The molecule has 0 radical (unpaired) electrons. The fourth-order valence-corrected chi connectivity index (χ4v) is 3.26. The molecule has 0 aliphatic rings. The molecule has 0 heterocycles. The molecule has 2 nitrogen and oxygen atoms in total. The van der Waals surface area contributed by atoms with Gasteiger partial charge >= 0.3 is 0 Å². The van der Waals surface area contributed by atoms with Crippen molar-refractivity contribution in [2.45, 2.75) is 0 Å². The molecule has 4 aromatic carbocycles. The smallest absolute Gasteiger partial charge is 0.185 e. The molecule has 0 atom stereocenters. The van der Waals surface area contributed by atoms with Gasteiger partial charge in [0.2, 0.25) is 0 Å². The Balaban J connectivity index is 1.43. The van der Waals surface area contributed by atoms with Crippen LogP contribution in [0.2, 0.25) is 0 Å². The van der Waals surface area contributed by atoms with Crippen LogP contribution in [0.15, 0.2) is 121 Å². The summed E-state index contributed by atoms with van der Waals surface area (Å²) in [6, 6.07) is 34.8. The van der Waals surface area contributed by atoms with Crippen LogP contribution in [-0.2, 0) is 0 Å². The van der Waals surface area contributed by atoms with Crippen LogP contribution in [0, 0.1) is 0 Å². The van der Waals surface area contributed by atoms with Crippen molar-refractivity contribution in [2.24, 2.45) is 0 Å². The van der Waals surface area contributed by atoms with E-state index in [9.17, 15) is 9.59 Å². The fraction of sp³-hybridized carbons (Fsp3) is 0. The average molecular weight is 388 g/mol. The zero-order chi connectivity index (χ0) is 20.8. The van der Waals surface area contributed by atoms with E-state index in [1.54, 1.807) is 24.3 Å². The summed E-state index contributed by atoms with van der Waals surface area (Å²) in [5, 5.41) is 0. The number of carbonyl (C=O) groups is 2. The fourth-order valence-electron chi connectivity index (χ4n) is 3.26. The number of benzene rings is 4. The van der Waals surface area contributed by atoms with Gasteiger partial charge in [0.25, 0.3) is 0 Å². The lowest BCUT2D eigenvalue weighted by molar-refractivity contribution is 0.102. The third-order valence-electron chi connectivity index (χ3n) is 4.94. The van der Waals surface area contributed by atoms with Gasteiger partial charge in [-0.3, -0.25) is 9.59 Å². The van der Waals surface area contributed by atoms with E-state index in [1.165, 1.54) is 12.2 Å². The normalized spacial score (nSPS) is 10.8. The maximum Gasteiger partial charge on any atom is 0.185 e. The molecule has 2 heteroatoms. The van der Waals surface area contributed by atoms with Crippen molar-refractivity contribution in [2.75, 3.05) is 0 Å². The van der Waals surface area contributed by atoms with Gasteiger partial charge in [0.15, 0.2) is 11.6 Å². The molecular weight excluding hydrogens is 368 g/mol. The summed E-state index contributed by atoms with van der Waals surface area (Å²) in [6.45, 7) is 0. The number of ketones is 2. The number of allylic oxidation sites excluding steroid dienone is 2. The lowest BCUT2D eigenvalue weighted by Gasteiger charge is -2.03. The lowest BCUT2D eigenvalue weighted by atomic mass is 10.0. The minimum Gasteiger partial charge on any atom is -0.289 e. The van der Waals surface area contributed by atoms with Crippen molar-refractivity contribution in [1.29, 1.82) is 0 Å². The van der Waals surface area contributed by atoms with Gasteiger partial charge in [0, 0.05) is 11.1 Å². The summed E-state index contributed by atoms with van der Waals surface area (Å²) >= 11 is 0. The Labute approximate surface area is 176 Å². The molecule has 0 aliphatic carbocycles. The Hall–Kier alpha value is -4.04. The van der Waals surface area contributed by atoms with Crippen molar-refractivity contribution in [3.05, 3.63) is 132 Å². The van der Waals surface area contributed by atoms with Gasteiger partial charge < -0.3 is 0 Å². The van der Waals surface area contributed by atoms with Crippen LogP contribution >= 0.6 is 0 Å². The minimum atomic E-state index is -0.191. The van der Waals surface area contributed by atoms with E-state index in [0.717, 1.165) is 22.3 Å². The topological polar surface area (TPSA) is 34.1 Å². The third-order valence-corrected chi connectivity index (χ3v) is 4.94. The van der Waals surface area contributed by atoms with Crippen LogP contribution in [0.1, 0.15) is 20.7 Å². The second-order valence-electron chi connectivity index (χ2n) is 6.95. The van der Waals surface area contributed by atoms with Crippen molar-refractivity contribution >= 4 is 11.6 Å². The Morgan fingerprint density at radius 2 is 0.700 bits per heavy atom. The molecule has 0 spiro atoms. The predicted octanol–water partition coefficient (Wildman–Crippen LogP) is 6.64. The van der Waals surface area contributed by atoms with E-state index < -0.39 is 0 Å². The van der Waals surface area contributed by atoms with Gasteiger partial charge in [-0.15, -0.1) is 0 Å². The second kappa shape index (κ2) is 8.97. The first-order chi connectivity index (χ1) is 14.7. The van der Waals surface area contributed by atoms with Crippen molar-refractivity contribution in [3.8, 4) is 22.3 Å². The largest absolute Gasteiger partial charge is 0.289 e. The molecule has 4 aromatic rings. The highest BCUT2D eigenvalue weighted by atomic mass is 16.1. The highest BCUT2D eigenvalue weighted by molar-refractivity contribution is 6.12. The molecule has 0 saturated heterocycles. The first-order valence-electron chi connectivity index (χ1n) is 9.78. The minimum absolute atomic E-state index is 0.191. The number of hydrogen-bond acceptors (Lipinski definition) is 2. The molecule has 0 aliphatic heterocycles. The van der Waals surface area contributed by atoms with Gasteiger partial charge in [0.1, 0.15) is 0 Å². The second-order valence-corrected chi connectivity index (χ2v) is 6.95. The molecular formula is C28H20O2. The van der Waals surface area contributed by atoms with E-state index >= 15 is 0 Å². The predicted molar refractivity (Wildman–Crippen MR) is 122 cm³/mol. The van der Waals surface area contributed by atoms with Gasteiger partial charge in [-0.05, 0) is 34.4 Å². The van der Waals surface area contributed by atoms with Crippen LogP contribution in [0.5, 0.6) is 0 Å². The Morgan fingerprint density at radius 3 is 1.03 bits per heavy atom.